The van der Waals surface area contributed by atoms with Crippen molar-refractivity contribution >= 4 is 76.3 Å². The topological polar surface area (TPSA) is 126 Å². The van der Waals surface area contributed by atoms with Gasteiger partial charge in [0.1, 0.15) is 24.6 Å². The fourth-order valence-corrected chi connectivity index (χ4v) is 10.9. The second kappa shape index (κ2) is 14.7. The number of esters is 4. The van der Waals surface area contributed by atoms with E-state index in [9.17, 15) is 28.4 Å². The number of benzene rings is 2. The molecule has 0 fully saturated rings. The molecule has 3 aliphatic heterocycles. The van der Waals surface area contributed by atoms with Gasteiger partial charge in [-0.05, 0) is 78.3 Å². The monoisotopic (exact) mass is 741 g/mol. The van der Waals surface area contributed by atoms with Crippen molar-refractivity contribution in [2.45, 2.75) is 58.1 Å². The van der Waals surface area contributed by atoms with E-state index >= 15 is 0 Å². The van der Waals surface area contributed by atoms with E-state index < -0.39 is 45.2 Å². The van der Waals surface area contributed by atoms with Gasteiger partial charge < -0.3 is 18.9 Å². The van der Waals surface area contributed by atoms with E-state index in [-0.39, 0.29) is 52.3 Å². The molecule has 0 atom stereocenters. The van der Waals surface area contributed by atoms with Crippen molar-refractivity contribution in [1.29, 1.82) is 0 Å². The Labute approximate surface area is 302 Å². The highest BCUT2D eigenvalue weighted by Crippen LogP contribution is 2.71. The largest absolute Gasteiger partial charge is 0.463 e. The number of hydrogen-bond acceptors (Lipinski definition) is 12. The molecule has 0 unspecified atom stereocenters. The Balaban J connectivity index is 1.89. The number of hydrogen-bond donors (Lipinski definition) is 0. The van der Waals surface area contributed by atoms with Gasteiger partial charge in [-0.1, -0.05) is 53.5 Å². The minimum atomic E-state index is -1.70. The Kier molecular flexibility index (Phi) is 10.9. The van der Waals surface area contributed by atoms with Gasteiger partial charge in [0.25, 0.3) is 5.91 Å². The zero-order valence-corrected chi connectivity index (χ0v) is 31.0. The molecule has 0 bridgehead atoms. The van der Waals surface area contributed by atoms with Crippen molar-refractivity contribution in [3.63, 3.8) is 0 Å². The first-order chi connectivity index (χ1) is 23.8. The number of carbonyl (C=O) groups is 5. The summed E-state index contributed by atoms with van der Waals surface area (Å²) in [5.74, 6) is -4.40. The first-order valence-electron chi connectivity index (χ1n) is 16.0. The fourth-order valence-electron chi connectivity index (χ4n) is 5.95. The first kappa shape index (κ1) is 37.3. The summed E-state index contributed by atoms with van der Waals surface area (Å²) in [6, 6.07) is 10.8. The van der Waals surface area contributed by atoms with Crippen LogP contribution >= 0.6 is 35.3 Å². The SMILES string of the molecule is CCOC(=O)C1=C(C(=O)OCC)SC2(S1)C(C(=O)OCC)=C(C(=O)OCC)SC1=C2c2ccc(C)cc2N(C(=O)c2cccc(F)c2)C1(C)C. The number of carbonyl (C=O) groups excluding carboxylic acids is 5. The molecule has 50 heavy (non-hydrogen) atoms. The fraction of sp³-hybridized carbons (Fsp3) is 0.361. The van der Waals surface area contributed by atoms with Crippen LogP contribution in [-0.4, -0.2) is 65.8 Å². The van der Waals surface area contributed by atoms with Gasteiger partial charge in [0.2, 0.25) is 0 Å². The lowest BCUT2D eigenvalue weighted by Crippen LogP contribution is -2.54. The van der Waals surface area contributed by atoms with E-state index in [0.717, 1.165) is 46.9 Å². The molecule has 0 aliphatic carbocycles. The molecule has 0 saturated heterocycles. The average molecular weight is 742 g/mol. The zero-order chi connectivity index (χ0) is 36.5. The van der Waals surface area contributed by atoms with Gasteiger partial charge in [-0.2, -0.15) is 0 Å². The number of halogens is 1. The number of fused-ring (bicyclic) bond motifs is 3. The highest BCUT2D eigenvalue weighted by atomic mass is 32.2. The Hall–Kier alpha value is -4.01. The number of amides is 1. The third-order valence-corrected chi connectivity index (χ3v) is 12.6. The average Bonchev–Trinajstić information content (AvgIpc) is 3.45. The first-order valence-corrected chi connectivity index (χ1v) is 18.4. The molecule has 0 aromatic heterocycles. The van der Waals surface area contributed by atoms with Crippen LogP contribution in [0.5, 0.6) is 0 Å². The van der Waals surface area contributed by atoms with E-state index in [1.807, 2.05) is 13.0 Å². The van der Waals surface area contributed by atoms with Crippen molar-refractivity contribution < 1.29 is 47.3 Å². The highest BCUT2D eigenvalue weighted by molar-refractivity contribution is 8.26. The summed E-state index contributed by atoms with van der Waals surface area (Å²) in [4.78, 5) is 71.3. The maximum absolute atomic E-state index is 14.5. The van der Waals surface area contributed by atoms with Crippen molar-refractivity contribution in [1.82, 2.24) is 0 Å². The summed E-state index contributed by atoms with van der Waals surface area (Å²) >= 11 is 2.73. The molecule has 5 rings (SSSR count). The molecule has 3 heterocycles. The van der Waals surface area contributed by atoms with Crippen molar-refractivity contribution in [3.05, 3.63) is 90.2 Å². The van der Waals surface area contributed by atoms with Crippen LogP contribution in [-0.2, 0) is 38.1 Å². The van der Waals surface area contributed by atoms with Gasteiger partial charge >= 0.3 is 23.9 Å². The molecule has 264 valence electrons. The van der Waals surface area contributed by atoms with Crippen molar-refractivity contribution in [3.8, 4) is 0 Å². The number of nitrogens with zero attached hydrogens (tertiary/aromatic N) is 1. The van der Waals surface area contributed by atoms with Crippen LogP contribution < -0.4 is 4.90 Å². The second-order valence-corrected chi connectivity index (χ2v) is 15.3. The van der Waals surface area contributed by atoms with E-state index in [1.54, 1.807) is 53.7 Å². The van der Waals surface area contributed by atoms with Crippen LogP contribution in [0.1, 0.15) is 63.0 Å². The predicted octanol–water partition coefficient (Wildman–Crippen LogP) is 6.93. The quantitative estimate of drug-likeness (QED) is 0.196. The number of anilines is 1. The molecular formula is C36H36FNO9S3. The molecule has 3 aliphatic rings. The number of ether oxygens (including phenoxy) is 4. The Bertz CT molecular complexity index is 1870. The van der Waals surface area contributed by atoms with E-state index in [4.69, 9.17) is 18.9 Å². The molecule has 1 amide bonds. The third kappa shape index (κ3) is 6.37. The Morgan fingerprint density at radius 3 is 1.82 bits per heavy atom. The summed E-state index contributed by atoms with van der Waals surface area (Å²) in [5, 5.41) is 0. The molecule has 0 saturated carbocycles. The molecule has 0 N–H and O–H groups in total. The van der Waals surface area contributed by atoms with E-state index in [2.05, 4.69) is 0 Å². The highest BCUT2D eigenvalue weighted by Gasteiger charge is 2.62. The van der Waals surface area contributed by atoms with Crippen LogP contribution in [0.3, 0.4) is 0 Å². The summed E-state index contributed by atoms with van der Waals surface area (Å²) in [6.07, 6.45) is 0. The van der Waals surface area contributed by atoms with E-state index in [1.165, 1.54) is 23.1 Å². The maximum atomic E-state index is 14.5. The molecule has 2 aromatic carbocycles. The molecule has 2 aromatic rings. The molecule has 10 nitrogen and oxygen atoms in total. The molecule has 0 radical (unpaired) electrons. The van der Waals surface area contributed by atoms with Crippen LogP contribution in [0.4, 0.5) is 10.1 Å². The maximum Gasteiger partial charge on any atom is 0.346 e. The van der Waals surface area contributed by atoms with E-state index in [0.29, 0.717) is 21.7 Å². The lowest BCUT2D eigenvalue weighted by molar-refractivity contribution is -0.141. The minimum absolute atomic E-state index is 0.00139. The number of thioether (sulfide) groups is 3. The van der Waals surface area contributed by atoms with Gasteiger partial charge in [-0.3, -0.25) is 9.69 Å². The van der Waals surface area contributed by atoms with Gasteiger partial charge in [0, 0.05) is 21.6 Å². The van der Waals surface area contributed by atoms with Crippen molar-refractivity contribution in [2.24, 2.45) is 0 Å². The summed E-state index contributed by atoms with van der Waals surface area (Å²) in [5.41, 5.74) is 0.902. The number of aryl methyl sites for hydroxylation is 1. The Morgan fingerprint density at radius 2 is 1.28 bits per heavy atom. The standard InChI is InChI=1S/C36H36FNO9S3/c1-8-44-31(40)25-26(32(41)45-9-2)48-29-24(36(25)49-27(33(42)46-10-3)28(50-36)34(43)47-11-4)22-16-15-19(5)17-23(22)38(35(29,6)7)30(39)20-13-12-14-21(37)18-20/h12-18H,8-11H2,1-7H3. The summed E-state index contributed by atoms with van der Waals surface area (Å²) < 4.78 is 34.5. The Morgan fingerprint density at radius 1 is 0.740 bits per heavy atom. The van der Waals surface area contributed by atoms with Crippen LogP contribution in [0.15, 0.2) is 67.7 Å². The third-order valence-electron chi connectivity index (χ3n) is 7.93. The normalized spacial score (nSPS) is 17.3. The lowest BCUT2D eigenvalue weighted by atomic mass is 9.82. The van der Waals surface area contributed by atoms with Gasteiger partial charge in [0.05, 0.1) is 43.2 Å². The summed E-state index contributed by atoms with van der Waals surface area (Å²) in [6.45, 7) is 11.8. The van der Waals surface area contributed by atoms with Gasteiger partial charge in [0.15, 0.2) is 0 Å². The predicted molar refractivity (Wildman–Crippen MR) is 191 cm³/mol. The zero-order valence-electron chi connectivity index (χ0n) is 28.6. The molecule has 14 heteroatoms. The smallest absolute Gasteiger partial charge is 0.346 e. The second-order valence-electron chi connectivity index (χ2n) is 11.6. The lowest BCUT2D eigenvalue weighted by Gasteiger charge is -2.50. The van der Waals surface area contributed by atoms with Gasteiger partial charge in [-0.25, -0.2) is 23.6 Å². The van der Waals surface area contributed by atoms with Crippen LogP contribution in [0.2, 0.25) is 0 Å². The van der Waals surface area contributed by atoms with Crippen LogP contribution in [0.25, 0.3) is 5.57 Å². The molecule has 1 spiro atoms. The molecular weight excluding hydrogens is 706 g/mol. The minimum Gasteiger partial charge on any atom is -0.463 e. The number of rotatable bonds is 9. The van der Waals surface area contributed by atoms with Gasteiger partial charge in [-0.15, -0.1) is 0 Å². The van der Waals surface area contributed by atoms with Crippen LogP contribution in [0, 0.1) is 12.7 Å². The summed E-state index contributed by atoms with van der Waals surface area (Å²) in [7, 11) is 0. The van der Waals surface area contributed by atoms with Crippen molar-refractivity contribution in [2.75, 3.05) is 31.3 Å².